The van der Waals surface area contributed by atoms with Crippen molar-refractivity contribution in [1.82, 2.24) is 10.3 Å². The lowest BCUT2D eigenvalue weighted by atomic mass is 10.1. The van der Waals surface area contributed by atoms with E-state index in [4.69, 9.17) is 9.72 Å². The van der Waals surface area contributed by atoms with Crippen LogP contribution in [-0.2, 0) is 11.3 Å². The zero-order valence-electron chi connectivity index (χ0n) is 13.1. The predicted molar refractivity (Wildman–Crippen MR) is 83.3 cm³/mol. The van der Waals surface area contributed by atoms with Gasteiger partial charge in [0.15, 0.2) is 0 Å². The van der Waals surface area contributed by atoms with Gasteiger partial charge in [-0.05, 0) is 18.1 Å². The summed E-state index contributed by atoms with van der Waals surface area (Å²) >= 11 is 0. The highest BCUT2D eigenvalue weighted by Crippen LogP contribution is 2.23. The van der Waals surface area contributed by atoms with Gasteiger partial charge in [0.1, 0.15) is 0 Å². The number of morpholine rings is 1. The van der Waals surface area contributed by atoms with Crippen molar-refractivity contribution in [2.75, 3.05) is 31.2 Å². The van der Waals surface area contributed by atoms with Crippen LogP contribution in [0.5, 0.6) is 0 Å². The summed E-state index contributed by atoms with van der Waals surface area (Å²) in [4.78, 5) is 7.26. The molecule has 0 amide bonds. The standard InChI is InChI=1S/C16H27N3O/c1-12(2)14-5-6-16(19-7-9-20-10-8-19)15(18-14)11-17-13(3)4/h5-6,12-13,17H,7-11H2,1-4H3. The second kappa shape index (κ2) is 7.04. The molecule has 1 N–H and O–H groups in total. The molecule has 0 bridgehead atoms. The van der Waals surface area contributed by atoms with Crippen molar-refractivity contribution in [3.8, 4) is 0 Å². The number of rotatable bonds is 5. The fourth-order valence-corrected chi connectivity index (χ4v) is 2.36. The van der Waals surface area contributed by atoms with E-state index in [9.17, 15) is 0 Å². The van der Waals surface area contributed by atoms with Gasteiger partial charge in [-0.25, -0.2) is 0 Å². The normalized spacial score (nSPS) is 16.2. The first kappa shape index (κ1) is 15.3. The maximum Gasteiger partial charge on any atom is 0.0778 e. The Kier molecular flexibility index (Phi) is 5.38. The summed E-state index contributed by atoms with van der Waals surface area (Å²) in [6, 6.07) is 4.86. The monoisotopic (exact) mass is 277 g/mol. The minimum atomic E-state index is 0.464. The number of ether oxygens (including phenoxy) is 1. The molecule has 0 spiro atoms. The lowest BCUT2D eigenvalue weighted by Crippen LogP contribution is -2.37. The third kappa shape index (κ3) is 3.93. The predicted octanol–water partition coefficient (Wildman–Crippen LogP) is 2.54. The molecule has 1 saturated heterocycles. The first-order valence-corrected chi connectivity index (χ1v) is 7.64. The quantitative estimate of drug-likeness (QED) is 0.897. The Morgan fingerprint density at radius 2 is 1.90 bits per heavy atom. The maximum absolute atomic E-state index is 5.44. The van der Waals surface area contributed by atoms with Gasteiger partial charge in [-0.1, -0.05) is 27.7 Å². The number of nitrogens with zero attached hydrogens (tertiary/aromatic N) is 2. The van der Waals surface area contributed by atoms with E-state index in [0.29, 0.717) is 12.0 Å². The highest BCUT2D eigenvalue weighted by Gasteiger charge is 2.17. The van der Waals surface area contributed by atoms with Gasteiger partial charge < -0.3 is 15.0 Å². The number of hydrogen-bond donors (Lipinski definition) is 1. The first-order valence-electron chi connectivity index (χ1n) is 7.64. The van der Waals surface area contributed by atoms with Crippen molar-refractivity contribution in [1.29, 1.82) is 0 Å². The second-order valence-corrected chi connectivity index (χ2v) is 5.99. The summed E-state index contributed by atoms with van der Waals surface area (Å²) in [5.41, 5.74) is 3.58. The fourth-order valence-electron chi connectivity index (χ4n) is 2.36. The van der Waals surface area contributed by atoms with Crippen molar-refractivity contribution >= 4 is 5.69 Å². The van der Waals surface area contributed by atoms with Crippen LogP contribution in [-0.4, -0.2) is 37.3 Å². The van der Waals surface area contributed by atoms with Crippen molar-refractivity contribution in [2.24, 2.45) is 0 Å². The molecule has 4 heteroatoms. The molecule has 2 heterocycles. The van der Waals surface area contributed by atoms with E-state index in [-0.39, 0.29) is 0 Å². The van der Waals surface area contributed by atoms with E-state index in [1.165, 1.54) is 11.4 Å². The van der Waals surface area contributed by atoms with Gasteiger partial charge in [0.05, 0.1) is 24.6 Å². The van der Waals surface area contributed by atoms with E-state index in [2.05, 4.69) is 50.0 Å². The molecule has 1 aliphatic heterocycles. The molecular formula is C16H27N3O. The van der Waals surface area contributed by atoms with Crippen LogP contribution >= 0.6 is 0 Å². The lowest BCUT2D eigenvalue weighted by Gasteiger charge is -2.30. The third-order valence-electron chi connectivity index (χ3n) is 3.59. The highest BCUT2D eigenvalue weighted by molar-refractivity contribution is 5.51. The SMILES string of the molecule is CC(C)NCc1nc(C(C)C)ccc1N1CCOCC1. The summed E-state index contributed by atoms with van der Waals surface area (Å²) in [5, 5.41) is 3.49. The molecule has 1 aliphatic rings. The summed E-state index contributed by atoms with van der Waals surface area (Å²) in [5.74, 6) is 0.464. The van der Waals surface area contributed by atoms with Crippen LogP contribution in [0.25, 0.3) is 0 Å². The van der Waals surface area contributed by atoms with Crippen LogP contribution in [0.15, 0.2) is 12.1 Å². The van der Waals surface area contributed by atoms with Gasteiger partial charge in [-0.15, -0.1) is 0 Å². The summed E-state index contributed by atoms with van der Waals surface area (Å²) < 4.78 is 5.44. The molecule has 112 valence electrons. The summed E-state index contributed by atoms with van der Waals surface area (Å²) in [7, 11) is 0. The van der Waals surface area contributed by atoms with Gasteiger partial charge >= 0.3 is 0 Å². The second-order valence-electron chi connectivity index (χ2n) is 5.99. The molecular weight excluding hydrogens is 250 g/mol. The molecule has 0 unspecified atom stereocenters. The van der Waals surface area contributed by atoms with E-state index < -0.39 is 0 Å². The van der Waals surface area contributed by atoms with E-state index >= 15 is 0 Å². The van der Waals surface area contributed by atoms with Crippen LogP contribution in [0.1, 0.15) is 45.0 Å². The van der Waals surface area contributed by atoms with Crippen LogP contribution in [0.3, 0.4) is 0 Å². The Balaban J connectivity index is 2.23. The Labute approximate surface area is 122 Å². The minimum absolute atomic E-state index is 0.464. The number of nitrogens with one attached hydrogen (secondary N) is 1. The van der Waals surface area contributed by atoms with Crippen molar-refractivity contribution in [3.05, 3.63) is 23.5 Å². The largest absolute Gasteiger partial charge is 0.378 e. The van der Waals surface area contributed by atoms with Crippen molar-refractivity contribution in [2.45, 2.75) is 46.2 Å². The van der Waals surface area contributed by atoms with Gasteiger partial charge in [0, 0.05) is 31.4 Å². The molecule has 0 aliphatic carbocycles. The maximum atomic E-state index is 5.44. The Morgan fingerprint density at radius 3 is 2.50 bits per heavy atom. The fraction of sp³-hybridized carbons (Fsp3) is 0.688. The zero-order chi connectivity index (χ0) is 14.5. The van der Waals surface area contributed by atoms with Crippen molar-refractivity contribution < 1.29 is 4.74 Å². The molecule has 1 fully saturated rings. The number of pyridine rings is 1. The van der Waals surface area contributed by atoms with Crippen LogP contribution < -0.4 is 10.2 Å². The molecule has 0 aromatic carbocycles. The average Bonchev–Trinajstić information content (AvgIpc) is 2.45. The zero-order valence-corrected chi connectivity index (χ0v) is 13.1. The molecule has 1 aromatic rings. The third-order valence-corrected chi connectivity index (χ3v) is 3.59. The minimum Gasteiger partial charge on any atom is -0.378 e. The Morgan fingerprint density at radius 1 is 1.20 bits per heavy atom. The smallest absolute Gasteiger partial charge is 0.0778 e. The van der Waals surface area contributed by atoms with Crippen LogP contribution in [0, 0.1) is 0 Å². The van der Waals surface area contributed by atoms with E-state index in [1.807, 2.05) is 0 Å². The number of hydrogen-bond acceptors (Lipinski definition) is 4. The Bertz CT molecular complexity index is 426. The van der Waals surface area contributed by atoms with Gasteiger partial charge in [0.25, 0.3) is 0 Å². The highest BCUT2D eigenvalue weighted by atomic mass is 16.5. The molecule has 20 heavy (non-hydrogen) atoms. The first-order chi connectivity index (χ1) is 9.58. The number of aromatic nitrogens is 1. The molecule has 0 atom stereocenters. The van der Waals surface area contributed by atoms with Crippen LogP contribution in [0.4, 0.5) is 5.69 Å². The van der Waals surface area contributed by atoms with Gasteiger partial charge in [-0.2, -0.15) is 0 Å². The van der Waals surface area contributed by atoms with Crippen molar-refractivity contribution in [3.63, 3.8) is 0 Å². The average molecular weight is 277 g/mol. The lowest BCUT2D eigenvalue weighted by molar-refractivity contribution is 0.122. The number of anilines is 1. The van der Waals surface area contributed by atoms with Gasteiger partial charge in [-0.3, -0.25) is 4.98 Å². The van der Waals surface area contributed by atoms with E-state index in [0.717, 1.165) is 38.5 Å². The molecule has 2 rings (SSSR count). The molecule has 0 radical (unpaired) electrons. The topological polar surface area (TPSA) is 37.4 Å². The summed E-state index contributed by atoms with van der Waals surface area (Å²) in [6.45, 7) is 13.1. The van der Waals surface area contributed by atoms with Gasteiger partial charge in [0.2, 0.25) is 0 Å². The van der Waals surface area contributed by atoms with E-state index in [1.54, 1.807) is 0 Å². The Hall–Kier alpha value is -1.13. The summed E-state index contributed by atoms with van der Waals surface area (Å²) in [6.07, 6.45) is 0. The molecule has 0 saturated carbocycles. The molecule has 4 nitrogen and oxygen atoms in total. The molecule has 1 aromatic heterocycles. The van der Waals surface area contributed by atoms with Crippen LogP contribution in [0.2, 0.25) is 0 Å².